The second-order valence-electron chi connectivity index (χ2n) is 1.41. The molecule has 0 aromatic heterocycles. The van der Waals surface area contributed by atoms with Crippen molar-refractivity contribution in [2.24, 2.45) is 0 Å². The molecule has 0 fully saturated rings. The fourth-order valence-corrected chi connectivity index (χ4v) is 0.231. The standard InChI is InChI=1S/C4H8NO2/c1-5(2)3-4(6)7/h1,3H2,2H3,(H,6,7). The number of carboxylic acid groups (broad SMARTS) is 1. The van der Waals surface area contributed by atoms with E-state index in [0.717, 1.165) is 0 Å². The fourth-order valence-electron chi connectivity index (χ4n) is 0.231. The molecule has 0 unspecified atom stereocenters. The van der Waals surface area contributed by atoms with E-state index in [-0.39, 0.29) is 6.54 Å². The van der Waals surface area contributed by atoms with Crippen LogP contribution in [0.1, 0.15) is 0 Å². The van der Waals surface area contributed by atoms with Crippen molar-refractivity contribution in [2.75, 3.05) is 13.6 Å². The number of carbonyl (C=O) groups is 1. The second-order valence-corrected chi connectivity index (χ2v) is 1.41. The van der Waals surface area contributed by atoms with Crippen LogP contribution < -0.4 is 0 Å². The predicted molar refractivity (Wildman–Crippen MR) is 25.6 cm³/mol. The Labute approximate surface area is 42.5 Å². The van der Waals surface area contributed by atoms with Gasteiger partial charge in [0.05, 0.1) is 6.54 Å². The summed E-state index contributed by atoms with van der Waals surface area (Å²) in [5.41, 5.74) is 0. The predicted octanol–water partition coefficient (Wildman–Crippen LogP) is -0.206. The lowest BCUT2D eigenvalue weighted by molar-refractivity contribution is -0.137. The number of likely N-dealkylation sites (N-methyl/N-ethyl adjacent to an activating group) is 1. The maximum atomic E-state index is 9.73. The minimum Gasteiger partial charge on any atom is -0.480 e. The molecule has 3 nitrogen and oxygen atoms in total. The molecule has 0 aromatic rings. The molecule has 1 N–H and O–H groups in total. The van der Waals surface area contributed by atoms with Crippen LogP contribution in [0.25, 0.3) is 0 Å². The highest BCUT2D eigenvalue weighted by molar-refractivity contribution is 5.68. The fraction of sp³-hybridized carbons (Fsp3) is 0.500. The van der Waals surface area contributed by atoms with Crippen LogP contribution in [0.15, 0.2) is 0 Å². The first-order valence-corrected chi connectivity index (χ1v) is 1.86. The monoisotopic (exact) mass is 102 g/mol. The van der Waals surface area contributed by atoms with Gasteiger partial charge >= 0.3 is 5.97 Å². The summed E-state index contributed by atoms with van der Waals surface area (Å²) < 4.78 is 0. The molecule has 0 aliphatic carbocycles. The van der Waals surface area contributed by atoms with Crippen LogP contribution in [0.3, 0.4) is 0 Å². The van der Waals surface area contributed by atoms with Crippen LogP contribution in [0.4, 0.5) is 0 Å². The first kappa shape index (κ1) is 6.43. The molecular formula is C4H8NO2. The van der Waals surface area contributed by atoms with Gasteiger partial charge in [-0.3, -0.25) is 9.69 Å². The number of nitrogens with zero attached hydrogens (tertiary/aromatic N) is 1. The van der Waals surface area contributed by atoms with Crippen molar-refractivity contribution in [3.8, 4) is 0 Å². The smallest absolute Gasteiger partial charge is 0.317 e. The van der Waals surface area contributed by atoms with Crippen molar-refractivity contribution >= 4 is 5.97 Å². The summed E-state index contributed by atoms with van der Waals surface area (Å²) in [5, 5.41) is 8.00. The molecule has 1 radical (unpaired) electrons. The van der Waals surface area contributed by atoms with E-state index in [9.17, 15) is 4.79 Å². The Morgan fingerprint density at radius 3 is 2.43 bits per heavy atom. The van der Waals surface area contributed by atoms with Gasteiger partial charge in [0.25, 0.3) is 0 Å². The van der Waals surface area contributed by atoms with E-state index in [1.54, 1.807) is 7.05 Å². The Morgan fingerprint density at radius 2 is 2.43 bits per heavy atom. The lowest BCUT2D eigenvalue weighted by Gasteiger charge is -2.01. The molecule has 0 aromatic carbocycles. The third kappa shape index (κ3) is 5.43. The van der Waals surface area contributed by atoms with E-state index >= 15 is 0 Å². The quantitative estimate of drug-likeness (QED) is 0.524. The third-order valence-electron chi connectivity index (χ3n) is 0.405. The summed E-state index contributed by atoms with van der Waals surface area (Å²) in [6.45, 7) is 0. The molecule has 0 saturated carbocycles. The van der Waals surface area contributed by atoms with Gasteiger partial charge in [0, 0.05) is 7.05 Å². The lowest BCUT2D eigenvalue weighted by Crippen LogP contribution is -2.18. The molecule has 3 heteroatoms. The molecule has 0 aliphatic heterocycles. The van der Waals surface area contributed by atoms with Crippen LogP contribution in [0.5, 0.6) is 0 Å². The molecule has 7 heavy (non-hydrogen) atoms. The van der Waals surface area contributed by atoms with E-state index in [1.807, 2.05) is 0 Å². The zero-order valence-electron chi connectivity index (χ0n) is 4.22. The summed E-state index contributed by atoms with van der Waals surface area (Å²) in [5.74, 6) is -0.850. The summed E-state index contributed by atoms with van der Waals surface area (Å²) in [7, 11) is 4.94. The van der Waals surface area contributed by atoms with Crippen molar-refractivity contribution in [1.29, 1.82) is 0 Å². The number of aliphatic carboxylic acids is 1. The SMILES string of the molecule is [CH2]N(C)CC(=O)O. The maximum Gasteiger partial charge on any atom is 0.317 e. The number of hydrogen-bond donors (Lipinski definition) is 1. The lowest BCUT2D eigenvalue weighted by atomic mass is 10.6. The topological polar surface area (TPSA) is 40.5 Å². The molecule has 0 saturated heterocycles. The van der Waals surface area contributed by atoms with Gasteiger partial charge in [-0.1, -0.05) is 0 Å². The summed E-state index contributed by atoms with van der Waals surface area (Å²) in [6, 6.07) is 0. The van der Waals surface area contributed by atoms with Gasteiger partial charge in [0.15, 0.2) is 0 Å². The van der Waals surface area contributed by atoms with E-state index < -0.39 is 5.97 Å². The largest absolute Gasteiger partial charge is 0.480 e. The molecule has 0 amide bonds. The highest BCUT2D eigenvalue weighted by atomic mass is 16.4. The first-order chi connectivity index (χ1) is 3.13. The maximum absolute atomic E-state index is 9.73. The molecule has 0 aliphatic rings. The first-order valence-electron chi connectivity index (χ1n) is 1.86. The van der Waals surface area contributed by atoms with Gasteiger partial charge in [-0.15, -0.1) is 0 Å². The minimum atomic E-state index is -0.850. The Bertz CT molecular complexity index is 70.1. The van der Waals surface area contributed by atoms with Gasteiger partial charge in [-0.05, 0) is 7.05 Å². The average Bonchev–Trinajstić information content (AvgIpc) is 1.27. The van der Waals surface area contributed by atoms with Crippen LogP contribution in [0.2, 0.25) is 0 Å². The molecule has 0 bridgehead atoms. The zero-order valence-corrected chi connectivity index (χ0v) is 4.22. The van der Waals surface area contributed by atoms with Crippen LogP contribution in [-0.4, -0.2) is 29.6 Å². The normalized spacial score (nSPS) is 9.57. The number of hydrogen-bond acceptors (Lipinski definition) is 2. The van der Waals surface area contributed by atoms with Crippen molar-refractivity contribution in [1.82, 2.24) is 4.90 Å². The Kier molecular flexibility index (Phi) is 2.37. The number of rotatable bonds is 2. The van der Waals surface area contributed by atoms with Crippen molar-refractivity contribution in [3.05, 3.63) is 7.05 Å². The van der Waals surface area contributed by atoms with E-state index in [4.69, 9.17) is 5.11 Å². The molecule has 0 spiro atoms. The van der Waals surface area contributed by atoms with Gasteiger partial charge in [-0.2, -0.15) is 0 Å². The van der Waals surface area contributed by atoms with E-state index in [0.29, 0.717) is 0 Å². The highest BCUT2D eigenvalue weighted by Crippen LogP contribution is 1.72. The van der Waals surface area contributed by atoms with Crippen molar-refractivity contribution in [3.63, 3.8) is 0 Å². The van der Waals surface area contributed by atoms with Gasteiger partial charge in [0.2, 0.25) is 0 Å². The highest BCUT2D eigenvalue weighted by Gasteiger charge is 1.94. The second kappa shape index (κ2) is 2.58. The molecular weight excluding hydrogens is 94.0 g/mol. The van der Waals surface area contributed by atoms with Gasteiger partial charge in [-0.25, -0.2) is 0 Å². The minimum absolute atomic E-state index is 0. The van der Waals surface area contributed by atoms with E-state index in [2.05, 4.69) is 7.05 Å². The van der Waals surface area contributed by atoms with Crippen LogP contribution in [-0.2, 0) is 4.79 Å². The Morgan fingerprint density at radius 1 is 2.00 bits per heavy atom. The zero-order chi connectivity index (χ0) is 5.86. The summed E-state index contributed by atoms with van der Waals surface area (Å²) in [4.78, 5) is 11.1. The molecule has 0 rings (SSSR count). The van der Waals surface area contributed by atoms with Crippen LogP contribution >= 0.6 is 0 Å². The Hall–Kier alpha value is -0.570. The molecule has 0 atom stereocenters. The average molecular weight is 102 g/mol. The molecule has 0 heterocycles. The Balaban J connectivity index is 3.13. The van der Waals surface area contributed by atoms with E-state index in [1.165, 1.54) is 4.90 Å². The number of carboxylic acids is 1. The third-order valence-corrected chi connectivity index (χ3v) is 0.405. The van der Waals surface area contributed by atoms with Crippen molar-refractivity contribution in [2.45, 2.75) is 0 Å². The van der Waals surface area contributed by atoms with Crippen LogP contribution in [0, 0.1) is 7.05 Å². The van der Waals surface area contributed by atoms with Crippen molar-refractivity contribution < 1.29 is 9.90 Å². The van der Waals surface area contributed by atoms with Gasteiger partial charge < -0.3 is 5.11 Å². The summed E-state index contributed by atoms with van der Waals surface area (Å²) >= 11 is 0. The summed E-state index contributed by atoms with van der Waals surface area (Å²) in [6.07, 6.45) is 0. The molecule has 41 valence electrons. The van der Waals surface area contributed by atoms with Gasteiger partial charge in [0.1, 0.15) is 0 Å².